The number of benzene rings is 1. The number of aliphatic imine (C=N–C) groups is 1. The van der Waals surface area contributed by atoms with E-state index >= 15 is 0 Å². The van der Waals surface area contributed by atoms with E-state index in [0.29, 0.717) is 12.5 Å². The zero-order valence-electron chi connectivity index (χ0n) is 13.8. The van der Waals surface area contributed by atoms with E-state index in [9.17, 15) is 4.79 Å². The minimum absolute atomic E-state index is 0.0705. The number of hydrogen-bond donors (Lipinski definition) is 2. The molecule has 1 aromatic carbocycles. The fourth-order valence-electron chi connectivity index (χ4n) is 2.75. The number of guanidine groups is 1. The molecule has 24 heavy (non-hydrogen) atoms. The number of anilines is 1. The average molecular weight is 342 g/mol. The van der Waals surface area contributed by atoms with Gasteiger partial charge in [0.05, 0.1) is 13.1 Å². The minimum atomic E-state index is 0.0705. The van der Waals surface area contributed by atoms with Gasteiger partial charge in [0.2, 0.25) is 5.91 Å². The number of carbonyl (C=O) groups is 1. The molecule has 0 saturated carbocycles. The van der Waals surface area contributed by atoms with Crippen LogP contribution in [0.15, 0.2) is 46.1 Å². The van der Waals surface area contributed by atoms with Gasteiger partial charge < -0.3 is 15.5 Å². The lowest BCUT2D eigenvalue weighted by Gasteiger charge is -2.18. The van der Waals surface area contributed by atoms with E-state index in [4.69, 9.17) is 0 Å². The third-order valence-corrected chi connectivity index (χ3v) is 4.67. The molecule has 1 aliphatic heterocycles. The smallest absolute Gasteiger partial charge is 0.246 e. The van der Waals surface area contributed by atoms with Crippen LogP contribution >= 0.6 is 11.3 Å². The molecule has 0 bridgehead atoms. The Balaban J connectivity index is 1.58. The van der Waals surface area contributed by atoms with Crippen LogP contribution in [-0.2, 0) is 17.8 Å². The van der Waals surface area contributed by atoms with E-state index in [0.717, 1.165) is 25.2 Å². The molecule has 0 fully saturated rings. The lowest BCUT2D eigenvalue weighted by atomic mass is 10.2. The Morgan fingerprint density at radius 1 is 1.29 bits per heavy atom. The van der Waals surface area contributed by atoms with Crippen LogP contribution in [-0.4, -0.2) is 31.5 Å². The van der Waals surface area contributed by atoms with Gasteiger partial charge in [0.25, 0.3) is 0 Å². The predicted octanol–water partition coefficient (Wildman–Crippen LogP) is 2.39. The molecule has 0 unspecified atom stereocenters. The molecule has 0 spiro atoms. The molecule has 5 nitrogen and oxygen atoms in total. The summed E-state index contributed by atoms with van der Waals surface area (Å²) in [5.74, 6) is 0.741. The van der Waals surface area contributed by atoms with Crippen molar-refractivity contribution in [3.05, 3.63) is 52.2 Å². The quantitative estimate of drug-likeness (QED) is 0.648. The summed E-state index contributed by atoms with van der Waals surface area (Å²) in [4.78, 5) is 18.9. The van der Waals surface area contributed by atoms with Gasteiger partial charge in [-0.3, -0.25) is 4.79 Å². The molecule has 0 radical (unpaired) electrons. The van der Waals surface area contributed by atoms with Crippen molar-refractivity contribution in [3.63, 3.8) is 0 Å². The molecule has 2 heterocycles. The molecule has 2 N–H and O–H groups in total. The summed E-state index contributed by atoms with van der Waals surface area (Å²) in [6.07, 6.45) is 0.925. The minimum Gasteiger partial charge on any atom is -0.357 e. The van der Waals surface area contributed by atoms with Gasteiger partial charge in [-0.2, -0.15) is 11.3 Å². The van der Waals surface area contributed by atoms with Crippen LogP contribution in [0.5, 0.6) is 0 Å². The topological polar surface area (TPSA) is 56.7 Å². The zero-order valence-corrected chi connectivity index (χ0v) is 14.6. The third kappa shape index (κ3) is 3.94. The van der Waals surface area contributed by atoms with Crippen molar-refractivity contribution in [2.75, 3.05) is 24.5 Å². The van der Waals surface area contributed by atoms with E-state index in [1.807, 2.05) is 35.4 Å². The van der Waals surface area contributed by atoms with Crippen LogP contribution in [0.3, 0.4) is 0 Å². The molecule has 1 amide bonds. The van der Waals surface area contributed by atoms with Crippen LogP contribution < -0.4 is 15.5 Å². The Hall–Kier alpha value is -2.34. The van der Waals surface area contributed by atoms with Gasteiger partial charge in [-0.1, -0.05) is 18.2 Å². The van der Waals surface area contributed by atoms with E-state index in [2.05, 4.69) is 33.1 Å². The third-order valence-electron chi connectivity index (χ3n) is 3.94. The molecule has 0 saturated heterocycles. The highest BCUT2D eigenvalue weighted by Gasteiger charge is 2.23. The molecule has 1 aliphatic rings. The maximum absolute atomic E-state index is 12.5. The summed E-state index contributed by atoms with van der Waals surface area (Å²) in [5.41, 5.74) is 3.45. The molecule has 0 aliphatic carbocycles. The lowest BCUT2D eigenvalue weighted by molar-refractivity contribution is -0.117. The number of hydrogen-bond acceptors (Lipinski definition) is 3. The SMILES string of the molecule is CCNC(=NCc1ccsc1)NCC(=O)N1CCc2ccccc21. The molecule has 1 aromatic heterocycles. The van der Waals surface area contributed by atoms with E-state index in [-0.39, 0.29) is 12.5 Å². The van der Waals surface area contributed by atoms with E-state index < -0.39 is 0 Å². The molecular weight excluding hydrogens is 320 g/mol. The average Bonchev–Trinajstić information content (AvgIpc) is 3.26. The first-order valence-corrected chi connectivity index (χ1v) is 9.13. The van der Waals surface area contributed by atoms with Crippen molar-refractivity contribution < 1.29 is 4.79 Å². The van der Waals surface area contributed by atoms with Crippen molar-refractivity contribution in [2.45, 2.75) is 19.9 Å². The second-order valence-corrected chi connectivity index (χ2v) is 6.38. The first-order chi connectivity index (χ1) is 11.8. The fourth-order valence-corrected chi connectivity index (χ4v) is 3.41. The maximum atomic E-state index is 12.5. The Labute approximate surface area is 146 Å². The van der Waals surface area contributed by atoms with Crippen LogP contribution in [0.25, 0.3) is 0 Å². The number of fused-ring (bicyclic) bond motifs is 1. The van der Waals surface area contributed by atoms with Crippen molar-refractivity contribution >= 4 is 28.9 Å². The van der Waals surface area contributed by atoms with Crippen molar-refractivity contribution in [1.29, 1.82) is 0 Å². The highest BCUT2D eigenvalue weighted by Crippen LogP contribution is 2.27. The Bertz CT molecular complexity index is 712. The maximum Gasteiger partial charge on any atom is 0.246 e. The second-order valence-electron chi connectivity index (χ2n) is 5.60. The van der Waals surface area contributed by atoms with E-state index in [1.54, 1.807) is 11.3 Å². The van der Waals surface area contributed by atoms with E-state index in [1.165, 1.54) is 11.1 Å². The second kappa shape index (κ2) is 7.97. The van der Waals surface area contributed by atoms with Crippen molar-refractivity contribution in [1.82, 2.24) is 10.6 Å². The molecule has 6 heteroatoms. The highest BCUT2D eigenvalue weighted by atomic mass is 32.1. The first-order valence-electron chi connectivity index (χ1n) is 8.19. The zero-order chi connectivity index (χ0) is 16.8. The van der Waals surface area contributed by atoms with Crippen LogP contribution in [0.4, 0.5) is 5.69 Å². The van der Waals surface area contributed by atoms with Gasteiger partial charge in [-0.05, 0) is 47.4 Å². The first kappa shape index (κ1) is 16.5. The van der Waals surface area contributed by atoms with Gasteiger partial charge in [0.15, 0.2) is 5.96 Å². The largest absolute Gasteiger partial charge is 0.357 e. The van der Waals surface area contributed by atoms with Gasteiger partial charge in [0, 0.05) is 18.8 Å². The number of carbonyl (C=O) groups excluding carboxylic acids is 1. The van der Waals surface area contributed by atoms with Crippen molar-refractivity contribution in [3.8, 4) is 0 Å². The number of nitrogens with one attached hydrogen (secondary N) is 2. The summed E-state index contributed by atoms with van der Waals surface area (Å²) >= 11 is 1.66. The number of thiophene rings is 1. The van der Waals surface area contributed by atoms with Crippen molar-refractivity contribution in [2.24, 2.45) is 4.99 Å². The monoisotopic (exact) mass is 342 g/mol. The van der Waals surface area contributed by atoms with Gasteiger partial charge in [-0.15, -0.1) is 0 Å². The van der Waals surface area contributed by atoms with Gasteiger partial charge in [0.1, 0.15) is 0 Å². The summed E-state index contributed by atoms with van der Waals surface area (Å²) in [7, 11) is 0. The Morgan fingerprint density at radius 2 is 2.17 bits per heavy atom. The normalized spacial score (nSPS) is 13.7. The van der Waals surface area contributed by atoms with Crippen LogP contribution in [0.1, 0.15) is 18.1 Å². The van der Waals surface area contributed by atoms with Gasteiger partial charge >= 0.3 is 0 Å². The number of para-hydroxylation sites is 1. The summed E-state index contributed by atoms with van der Waals surface area (Å²) in [5, 5.41) is 10.4. The van der Waals surface area contributed by atoms with Crippen LogP contribution in [0, 0.1) is 0 Å². The number of amides is 1. The highest BCUT2D eigenvalue weighted by molar-refractivity contribution is 7.07. The molecule has 0 atom stereocenters. The number of nitrogens with zero attached hydrogens (tertiary/aromatic N) is 2. The Kier molecular flexibility index (Phi) is 5.48. The fraction of sp³-hybridized carbons (Fsp3) is 0.333. The lowest BCUT2D eigenvalue weighted by Crippen LogP contribution is -2.44. The predicted molar refractivity (Wildman–Crippen MR) is 99.6 cm³/mol. The molecule has 2 aromatic rings. The summed E-state index contributed by atoms with van der Waals surface area (Å²) < 4.78 is 0. The van der Waals surface area contributed by atoms with Crippen LogP contribution in [0.2, 0.25) is 0 Å². The summed E-state index contributed by atoms with van der Waals surface area (Å²) in [6, 6.07) is 10.2. The molecular formula is C18H22N4OS. The number of rotatable bonds is 5. The summed E-state index contributed by atoms with van der Waals surface area (Å²) in [6.45, 7) is 4.38. The van der Waals surface area contributed by atoms with Gasteiger partial charge in [-0.25, -0.2) is 4.99 Å². The Morgan fingerprint density at radius 3 is 2.96 bits per heavy atom. The molecule has 126 valence electrons. The molecule has 3 rings (SSSR count). The standard InChI is InChI=1S/C18H22N4OS/c1-2-19-18(20-11-14-8-10-24-13-14)21-12-17(23)22-9-7-15-5-3-4-6-16(15)22/h3-6,8,10,13H,2,7,9,11-12H2,1H3,(H2,19,20,21).